The number of aromatic nitrogens is 4. The summed E-state index contributed by atoms with van der Waals surface area (Å²) >= 11 is 0. The Bertz CT molecular complexity index is 1120. The van der Waals surface area contributed by atoms with Gasteiger partial charge in [0, 0.05) is 5.69 Å². The quantitative estimate of drug-likeness (QED) is 0.497. The molecule has 0 aliphatic carbocycles. The zero-order valence-electron chi connectivity index (χ0n) is 14.7. The largest absolute Gasteiger partial charge is 0.338 e. The molecule has 2 aromatic heterocycles. The van der Waals surface area contributed by atoms with E-state index >= 15 is 0 Å². The van der Waals surface area contributed by atoms with Crippen molar-refractivity contribution < 1.29 is 4.84 Å². The maximum Gasteiger partial charge on any atom is 0.179 e. The molecule has 0 saturated heterocycles. The van der Waals surface area contributed by atoms with Gasteiger partial charge in [0.05, 0.1) is 18.2 Å². The first-order valence-corrected chi connectivity index (χ1v) is 8.48. The van der Waals surface area contributed by atoms with Gasteiger partial charge in [-0.3, -0.25) is 4.84 Å². The molecule has 2 N–H and O–H groups in total. The van der Waals surface area contributed by atoms with Gasteiger partial charge in [-0.1, -0.05) is 30.3 Å². The molecule has 28 heavy (non-hydrogen) atoms. The summed E-state index contributed by atoms with van der Waals surface area (Å²) in [6.07, 6.45) is 2.85. The third-order valence-electron chi connectivity index (χ3n) is 3.95. The normalized spacial score (nSPS) is 10.4. The van der Waals surface area contributed by atoms with Gasteiger partial charge in [0.25, 0.3) is 0 Å². The van der Waals surface area contributed by atoms with Gasteiger partial charge in [-0.25, -0.2) is 25.4 Å². The minimum Gasteiger partial charge on any atom is -0.338 e. The predicted octanol–water partition coefficient (Wildman–Crippen LogP) is 3.58. The van der Waals surface area contributed by atoms with Crippen LogP contribution in [0.3, 0.4) is 0 Å². The fourth-order valence-electron chi connectivity index (χ4n) is 2.57. The zero-order chi connectivity index (χ0) is 19.2. The Kier molecular flexibility index (Phi) is 5.00. The van der Waals surface area contributed by atoms with Gasteiger partial charge in [0.15, 0.2) is 11.6 Å². The van der Waals surface area contributed by atoms with Crippen LogP contribution in [0.4, 0.5) is 17.3 Å². The van der Waals surface area contributed by atoms with Crippen molar-refractivity contribution in [3.8, 4) is 6.07 Å². The summed E-state index contributed by atoms with van der Waals surface area (Å²) in [5.41, 5.74) is 6.32. The first-order chi connectivity index (χ1) is 13.8. The van der Waals surface area contributed by atoms with Crippen molar-refractivity contribution in [2.75, 3.05) is 10.8 Å². The van der Waals surface area contributed by atoms with Crippen LogP contribution in [0, 0.1) is 11.3 Å². The van der Waals surface area contributed by atoms with E-state index in [0.717, 1.165) is 11.3 Å². The number of fused-ring (bicyclic) bond motifs is 1. The van der Waals surface area contributed by atoms with Gasteiger partial charge < -0.3 is 5.32 Å². The fraction of sp³-hybridized carbons (Fsp3) is 0.0500. The van der Waals surface area contributed by atoms with Crippen molar-refractivity contribution in [1.29, 1.82) is 5.26 Å². The average molecular weight is 369 g/mol. The molecule has 2 heterocycles. The van der Waals surface area contributed by atoms with Crippen LogP contribution in [0.15, 0.2) is 67.3 Å². The van der Waals surface area contributed by atoms with Crippen LogP contribution in [0.2, 0.25) is 0 Å². The third-order valence-corrected chi connectivity index (χ3v) is 3.95. The molecular weight excluding hydrogens is 354 g/mol. The second-order valence-electron chi connectivity index (χ2n) is 5.83. The van der Waals surface area contributed by atoms with E-state index in [1.54, 1.807) is 24.3 Å². The molecule has 0 spiro atoms. The molecule has 136 valence electrons. The molecule has 8 nitrogen and oxygen atoms in total. The van der Waals surface area contributed by atoms with E-state index in [1.807, 2.05) is 30.3 Å². The molecule has 0 aliphatic heterocycles. The lowest BCUT2D eigenvalue weighted by Gasteiger charge is -2.10. The van der Waals surface area contributed by atoms with Gasteiger partial charge in [0.1, 0.15) is 23.7 Å². The molecule has 0 radical (unpaired) electrons. The minimum atomic E-state index is 0.383. The number of rotatable bonds is 6. The third kappa shape index (κ3) is 3.85. The molecule has 0 atom stereocenters. The minimum absolute atomic E-state index is 0.383. The average Bonchev–Trinajstić information content (AvgIpc) is 2.75. The van der Waals surface area contributed by atoms with Crippen LogP contribution in [0.25, 0.3) is 11.0 Å². The molecule has 0 bridgehead atoms. The number of benzene rings is 2. The number of nitrogens with zero attached hydrogens (tertiary/aromatic N) is 5. The highest BCUT2D eigenvalue weighted by Crippen LogP contribution is 2.24. The number of anilines is 3. The first kappa shape index (κ1) is 17.3. The maximum atomic E-state index is 8.91. The van der Waals surface area contributed by atoms with Crippen molar-refractivity contribution in [3.63, 3.8) is 0 Å². The Labute approximate surface area is 160 Å². The summed E-state index contributed by atoms with van der Waals surface area (Å²) in [6.45, 7) is 0.383. The number of nitriles is 1. The van der Waals surface area contributed by atoms with E-state index in [4.69, 9.17) is 10.1 Å². The van der Waals surface area contributed by atoms with E-state index < -0.39 is 0 Å². The van der Waals surface area contributed by atoms with Crippen molar-refractivity contribution in [2.45, 2.75) is 6.61 Å². The van der Waals surface area contributed by atoms with E-state index in [-0.39, 0.29) is 0 Å². The van der Waals surface area contributed by atoms with Crippen molar-refractivity contribution in [1.82, 2.24) is 19.9 Å². The van der Waals surface area contributed by atoms with E-state index in [2.05, 4.69) is 36.8 Å². The zero-order valence-corrected chi connectivity index (χ0v) is 14.7. The number of hydrogen-bond acceptors (Lipinski definition) is 8. The Hall–Kier alpha value is -4.09. The first-order valence-electron chi connectivity index (χ1n) is 8.48. The molecular formula is C20H15N7O. The lowest BCUT2D eigenvalue weighted by molar-refractivity contribution is 0.179. The SMILES string of the molecule is N#Cc1ccc(Nc2ncnc3c(NOCc4ccccc4)ncnc23)cc1. The summed E-state index contributed by atoms with van der Waals surface area (Å²) in [6, 6.07) is 19.0. The lowest BCUT2D eigenvalue weighted by atomic mass is 10.2. The summed E-state index contributed by atoms with van der Waals surface area (Å²) in [7, 11) is 0. The Balaban J connectivity index is 1.54. The summed E-state index contributed by atoms with van der Waals surface area (Å²) < 4.78 is 0. The molecule has 0 fully saturated rings. The number of nitrogens with one attached hydrogen (secondary N) is 2. The maximum absolute atomic E-state index is 8.91. The van der Waals surface area contributed by atoms with E-state index in [9.17, 15) is 0 Å². The van der Waals surface area contributed by atoms with Gasteiger partial charge in [-0.05, 0) is 29.8 Å². The second kappa shape index (κ2) is 8.07. The van der Waals surface area contributed by atoms with Crippen molar-refractivity contribution >= 4 is 28.4 Å². The van der Waals surface area contributed by atoms with Gasteiger partial charge in [-0.2, -0.15) is 5.26 Å². The second-order valence-corrected chi connectivity index (χ2v) is 5.83. The standard InChI is InChI=1S/C20H15N7O/c21-10-14-6-8-16(9-7-14)26-19-17-18(23-12-24-19)20(25-13-22-17)27-28-11-15-4-2-1-3-5-15/h1-9,12-13H,11H2,(H,22,25,27)(H,23,24,26). The molecule has 2 aromatic carbocycles. The van der Waals surface area contributed by atoms with Crippen LogP contribution < -0.4 is 10.8 Å². The highest BCUT2D eigenvalue weighted by Gasteiger charge is 2.11. The van der Waals surface area contributed by atoms with E-state index in [1.165, 1.54) is 12.7 Å². The molecule has 8 heteroatoms. The van der Waals surface area contributed by atoms with Crippen LogP contribution in [-0.2, 0) is 11.4 Å². The summed E-state index contributed by atoms with van der Waals surface area (Å²) in [4.78, 5) is 22.6. The summed E-state index contributed by atoms with van der Waals surface area (Å²) in [5, 5.41) is 12.1. The van der Waals surface area contributed by atoms with Crippen LogP contribution in [-0.4, -0.2) is 19.9 Å². The monoisotopic (exact) mass is 369 g/mol. The molecule has 0 aliphatic rings. The predicted molar refractivity (Wildman–Crippen MR) is 104 cm³/mol. The molecule has 0 saturated carbocycles. The van der Waals surface area contributed by atoms with Gasteiger partial charge in [-0.15, -0.1) is 0 Å². The Morgan fingerprint density at radius 1 is 0.821 bits per heavy atom. The molecule has 4 aromatic rings. The number of hydrogen-bond donors (Lipinski definition) is 2. The van der Waals surface area contributed by atoms with Crippen LogP contribution >= 0.6 is 0 Å². The van der Waals surface area contributed by atoms with E-state index in [0.29, 0.717) is 34.8 Å². The molecule has 4 rings (SSSR count). The highest BCUT2D eigenvalue weighted by molar-refractivity contribution is 5.92. The fourth-order valence-corrected chi connectivity index (χ4v) is 2.57. The molecule has 0 amide bonds. The van der Waals surface area contributed by atoms with Crippen molar-refractivity contribution in [2.24, 2.45) is 0 Å². The lowest BCUT2D eigenvalue weighted by Crippen LogP contribution is -2.06. The Morgan fingerprint density at radius 3 is 2.21 bits per heavy atom. The highest BCUT2D eigenvalue weighted by atomic mass is 16.6. The van der Waals surface area contributed by atoms with Gasteiger partial charge in [0.2, 0.25) is 0 Å². The smallest absolute Gasteiger partial charge is 0.179 e. The summed E-state index contributed by atoms with van der Waals surface area (Å²) in [5.74, 6) is 0.981. The topological polar surface area (TPSA) is 109 Å². The van der Waals surface area contributed by atoms with Crippen LogP contribution in [0.5, 0.6) is 0 Å². The molecule has 0 unspecified atom stereocenters. The van der Waals surface area contributed by atoms with Crippen molar-refractivity contribution in [3.05, 3.63) is 78.4 Å². The van der Waals surface area contributed by atoms with Crippen LogP contribution in [0.1, 0.15) is 11.1 Å². The Morgan fingerprint density at radius 2 is 1.50 bits per heavy atom. The van der Waals surface area contributed by atoms with Gasteiger partial charge >= 0.3 is 0 Å².